The molecule has 4 rings (SSSR count). The van der Waals surface area contributed by atoms with Gasteiger partial charge in [0.05, 0.1) is 18.8 Å². The predicted molar refractivity (Wildman–Crippen MR) is 145 cm³/mol. The highest BCUT2D eigenvalue weighted by Gasteiger charge is 2.54. The van der Waals surface area contributed by atoms with E-state index in [1.54, 1.807) is 25.7 Å². The largest absolute Gasteiger partial charge is 0.444 e. The molecule has 0 saturated heterocycles. The van der Waals surface area contributed by atoms with Crippen LogP contribution in [-0.2, 0) is 38.6 Å². The van der Waals surface area contributed by atoms with Crippen LogP contribution in [-0.4, -0.2) is 17.6 Å². The first-order chi connectivity index (χ1) is 17.4. The lowest BCUT2D eigenvalue weighted by atomic mass is 9.84. The average Bonchev–Trinajstić information content (AvgIpc) is 3.05. The van der Waals surface area contributed by atoms with E-state index in [9.17, 15) is 9.59 Å². The van der Waals surface area contributed by atoms with Gasteiger partial charge in [0.25, 0.3) is 11.6 Å². The van der Waals surface area contributed by atoms with Gasteiger partial charge < -0.3 is 14.4 Å². The number of carbonyl (C=O) groups is 2. The number of fused-ring (bicyclic) bond motifs is 1. The molecular weight excluding hydrogens is 464 g/mol. The van der Waals surface area contributed by atoms with Crippen LogP contribution >= 0.6 is 0 Å². The van der Waals surface area contributed by atoms with Crippen molar-refractivity contribution in [2.24, 2.45) is 0 Å². The maximum atomic E-state index is 14.2. The van der Waals surface area contributed by atoms with Gasteiger partial charge in [-0.05, 0) is 48.9 Å². The summed E-state index contributed by atoms with van der Waals surface area (Å²) in [5.41, 5.74) is 1.70. The molecule has 6 heteroatoms. The monoisotopic (exact) mass is 500 g/mol. The van der Waals surface area contributed by atoms with Gasteiger partial charge in [0, 0.05) is 5.56 Å². The number of hydrogen-bond acceptors (Lipinski definition) is 4. The van der Waals surface area contributed by atoms with Gasteiger partial charge in [-0.3, -0.25) is 10.1 Å². The second-order valence-electron chi connectivity index (χ2n) is 11.4. The number of ether oxygens (including phenoxy) is 2. The van der Waals surface area contributed by atoms with Crippen LogP contribution in [0.2, 0.25) is 0 Å². The van der Waals surface area contributed by atoms with Gasteiger partial charge in [0.2, 0.25) is 0 Å². The maximum absolute atomic E-state index is 14.2. The van der Waals surface area contributed by atoms with Crippen molar-refractivity contribution in [2.45, 2.75) is 71.4 Å². The van der Waals surface area contributed by atoms with Crippen LogP contribution < -0.4 is 10.2 Å². The van der Waals surface area contributed by atoms with Crippen molar-refractivity contribution in [1.29, 1.82) is 0 Å². The molecule has 0 saturated carbocycles. The van der Waals surface area contributed by atoms with Crippen LogP contribution in [0.3, 0.4) is 0 Å². The van der Waals surface area contributed by atoms with E-state index < -0.39 is 17.4 Å². The summed E-state index contributed by atoms with van der Waals surface area (Å²) in [5.74, 6) is -0.364. The van der Waals surface area contributed by atoms with Gasteiger partial charge >= 0.3 is 6.09 Å². The Morgan fingerprint density at radius 3 is 2.16 bits per heavy atom. The summed E-state index contributed by atoms with van der Waals surface area (Å²) in [6, 6.07) is 25.2. The number of carbonyl (C=O) groups excluding carboxylic acids is 2. The molecule has 1 heterocycles. The summed E-state index contributed by atoms with van der Waals surface area (Å²) in [4.78, 5) is 29.0. The maximum Gasteiger partial charge on any atom is 0.410 e. The number of rotatable bonds is 6. The van der Waals surface area contributed by atoms with Crippen LogP contribution in [0.15, 0.2) is 78.9 Å². The molecule has 0 aromatic heterocycles. The lowest BCUT2D eigenvalue weighted by Crippen LogP contribution is -2.55. The Hall–Kier alpha value is -3.64. The summed E-state index contributed by atoms with van der Waals surface area (Å²) >= 11 is 0. The van der Waals surface area contributed by atoms with Crippen molar-refractivity contribution >= 4 is 17.7 Å². The first kappa shape index (κ1) is 26.4. The van der Waals surface area contributed by atoms with E-state index in [0.717, 1.165) is 16.7 Å². The number of para-hydroxylation sites is 1. The molecule has 3 aromatic carbocycles. The second kappa shape index (κ2) is 10.0. The summed E-state index contributed by atoms with van der Waals surface area (Å²) in [6.45, 7) is 12.2. The minimum atomic E-state index is -1.74. The zero-order chi connectivity index (χ0) is 26.8. The Morgan fingerprint density at radius 1 is 0.865 bits per heavy atom. The third-order valence-corrected chi connectivity index (χ3v) is 6.25. The molecule has 6 nitrogen and oxygen atoms in total. The molecule has 0 unspecified atom stereocenters. The standard InChI is InChI=1S/C31H36N2O4/c1-29(2,3)24-17-11-10-16-23(24)21-36-31(32-28(35)37-30(4,5)6)25-18-12-13-19-26(25)33(27(31)34)20-22-14-8-7-9-15-22/h7-19H,20-21H2,1-6H3,(H,32,35)/t31-/m1/s1. The lowest BCUT2D eigenvalue weighted by molar-refractivity contribution is -0.151. The third-order valence-electron chi connectivity index (χ3n) is 6.25. The minimum Gasteiger partial charge on any atom is -0.444 e. The fraction of sp³-hybridized carbons (Fsp3) is 0.355. The number of nitrogens with zero attached hydrogens (tertiary/aromatic N) is 1. The molecule has 1 aliphatic heterocycles. The van der Waals surface area contributed by atoms with Crippen molar-refractivity contribution in [2.75, 3.05) is 4.90 Å². The highest BCUT2D eigenvalue weighted by Crippen LogP contribution is 2.43. The van der Waals surface area contributed by atoms with Gasteiger partial charge in [-0.15, -0.1) is 0 Å². The zero-order valence-electron chi connectivity index (χ0n) is 22.5. The molecule has 0 fully saturated rings. The number of hydrogen-bond donors (Lipinski definition) is 1. The predicted octanol–water partition coefficient (Wildman–Crippen LogP) is 6.43. The van der Waals surface area contributed by atoms with Crippen LogP contribution in [0.4, 0.5) is 10.5 Å². The van der Waals surface area contributed by atoms with Gasteiger partial charge in [-0.2, -0.15) is 0 Å². The van der Waals surface area contributed by atoms with Crippen LogP contribution in [0, 0.1) is 0 Å². The molecular formula is C31H36N2O4. The molecule has 0 bridgehead atoms. The highest BCUT2D eigenvalue weighted by molar-refractivity contribution is 6.08. The zero-order valence-corrected chi connectivity index (χ0v) is 22.5. The highest BCUT2D eigenvalue weighted by atomic mass is 16.6. The second-order valence-corrected chi connectivity index (χ2v) is 11.4. The quantitative estimate of drug-likeness (QED) is 0.396. The number of alkyl carbamates (subject to hydrolysis) is 1. The van der Waals surface area contributed by atoms with Crippen LogP contribution in [0.5, 0.6) is 0 Å². The van der Waals surface area contributed by atoms with Gasteiger partial charge in [0.15, 0.2) is 0 Å². The topological polar surface area (TPSA) is 67.9 Å². The van der Waals surface area contributed by atoms with Crippen molar-refractivity contribution in [3.63, 3.8) is 0 Å². The van der Waals surface area contributed by atoms with E-state index in [-0.39, 0.29) is 17.9 Å². The SMILES string of the molecule is CC(C)(C)OC(=O)N[C@]1(OCc2ccccc2C(C)(C)C)C(=O)N(Cc2ccccc2)c2ccccc21. The first-order valence-corrected chi connectivity index (χ1v) is 12.6. The fourth-order valence-electron chi connectivity index (χ4n) is 4.65. The Kier molecular flexibility index (Phi) is 7.16. The Bertz CT molecular complexity index is 1270. The molecule has 1 aliphatic rings. The van der Waals surface area contributed by atoms with Gasteiger partial charge in [-0.25, -0.2) is 4.79 Å². The van der Waals surface area contributed by atoms with Crippen LogP contribution in [0.25, 0.3) is 0 Å². The van der Waals surface area contributed by atoms with Crippen molar-refractivity contribution in [3.8, 4) is 0 Å². The molecule has 2 amide bonds. The van der Waals surface area contributed by atoms with Crippen molar-refractivity contribution in [3.05, 3.63) is 101 Å². The first-order valence-electron chi connectivity index (χ1n) is 12.6. The van der Waals surface area contributed by atoms with E-state index in [1.807, 2.05) is 72.8 Å². The van der Waals surface area contributed by atoms with E-state index >= 15 is 0 Å². The fourth-order valence-corrected chi connectivity index (χ4v) is 4.65. The van der Waals surface area contributed by atoms with E-state index in [4.69, 9.17) is 9.47 Å². The molecule has 0 aliphatic carbocycles. The molecule has 0 spiro atoms. The van der Waals surface area contributed by atoms with Crippen molar-refractivity contribution < 1.29 is 19.1 Å². The number of benzene rings is 3. The molecule has 0 radical (unpaired) electrons. The Labute approximate surface area is 219 Å². The number of amides is 2. The van der Waals surface area contributed by atoms with Crippen LogP contribution in [0.1, 0.15) is 63.8 Å². The van der Waals surface area contributed by atoms with E-state index in [1.165, 1.54) is 0 Å². The number of anilines is 1. The minimum absolute atomic E-state index is 0.122. The summed E-state index contributed by atoms with van der Waals surface area (Å²) in [7, 11) is 0. The normalized spacial score (nSPS) is 17.5. The third kappa shape index (κ3) is 5.70. The molecule has 37 heavy (non-hydrogen) atoms. The smallest absolute Gasteiger partial charge is 0.410 e. The van der Waals surface area contributed by atoms with E-state index in [2.05, 4.69) is 32.2 Å². The molecule has 3 aromatic rings. The Morgan fingerprint density at radius 2 is 1.49 bits per heavy atom. The number of nitrogens with one attached hydrogen (secondary N) is 1. The lowest BCUT2D eigenvalue weighted by Gasteiger charge is -2.32. The summed E-state index contributed by atoms with van der Waals surface area (Å²) in [5, 5.41) is 2.82. The Balaban J connectivity index is 1.76. The van der Waals surface area contributed by atoms with Gasteiger partial charge in [-0.1, -0.05) is 93.6 Å². The summed E-state index contributed by atoms with van der Waals surface area (Å²) < 4.78 is 12.1. The molecule has 1 N–H and O–H groups in total. The molecule has 1 atom stereocenters. The van der Waals surface area contributed by atoms with Crippen molar-refractivity contribution in [1.82, 2.24) is 5.32 Å². The average molecular weight is 501 g/mol. The summed E-state index contributed by atoms with van der Waals surface area (Å²) in [6.07, 6.45) is -0.721. The van der Waals surface area contributed by atoms with E-state index in [0.29, 0.717) is 17.8 Å². The molecule has 194 valence electrons. The van der Waals surface area contributed by atoms with Gasteiger partial charge in [0.1, 0.15) is 5.60 Å².